The third-order valence-corrected chi connectivity index (χ3v) is 6.88. The van der Waals surface area contributed by atoms with Gasteiger partial charge >= 0.3 is 0 Å². The number of amides is 1. The first-order valence-corrected chi connectivity index (χ1v) is 12.5. The highest BCUT2D eigenvalue weighted by Crippen LogP contribution is 2.24. The average molecular weight is 484 g/mol. The average Bonchev–Trinajstić information content (AvgIpc) is 3.31. The van der Waals surface area contributed by atoms with Crippen LogP contribution in [0.25, 0.3) is 22.4 Å². The Labute approximate surface area is 207 Å². The van der Waals surface area contributed by atoms with Crippen molar-refractivity contribution in [3.05, 3.63) is 100 Å². The molecule has 176 valence electrons. The Hall–Kier alpha value is -3.91. The number of aryl methyl sites for hydroxylation is 1. The monoisotopic (exact) mass is 483 g/mol. The molecule has 8 heteroatoms. The van der Waals surface area contributed by atoms with E-state index in [2.05, 4.69) is 10.2 Å². The van der Waals surface area contributed by atoms with Gasteiger partial charge in [-0.2, -0.15) is 0 Å². The lowest BCUT2D eigenvalue weighted by Gasteiger charge is -2.20. The summed E-state index contributed by atoms with van der Waals surface area (Å²) in [7, 11) is 0. The van der Waals surface area contributed by atoms with Crippen molar-refractivity contribution in [1.29, 1.82) is 0 Å². The number of thioether (sulfide) groups is 1. The van der Waals surface area contributed by atoms with Gasteiger partial charge in [0.1, 0.15) is 0 Å². The van der Waals surface area contributed by atoms with Crippen molar-refractivity contribution >= 4 is 34.3 Å². The molecular formula is C27H25N5O2S. The number of hydrogen-bond acceptors (Lipinski definition) is 5. The van der Waals surface area contributed by atoms with E-state index in [0.717, 1.165) is 16.8 Å². The van der Waals surface area contributed by atoms with Gasteiger partial charge in [-0.1, -0.05) is 71.9 Å². The van der Waals surface area contributed by atoms with Crippen LogP contribution in [0.3, 0.4) is 0 Å². The van der Waals surface area contributed by atoms with Gasteiger partial charge in [-0.05, 0) is 43.7 Å². The van der Waals surface area contributed by atoms with Gasteiger partial charge in [0.05, 0.1) is 22.3 Å². The zero-order valence-corrected chi connectivity index (χ0v) is 20.4. The van der Waals surface area contributed by atoms with E-state index in [0.29, 0.717) is 34.9 Å². The first-order chi connectivity index (χ1) is 17.1. The maximum atomic E-state index is 13.4. The number of aromatic nitrogens is 4. The molecule has 0 atom stereocenters. The zero-order valence-electron chi connectivity index (χ0n) is 19.6. The van der Waals surface area contributed by atoms with Crippen molar-refractivity contribution in [3.8, 4) is 5.69 Å². The number of carbonyl (C=O) groups excluding carboxylic acids is 1. The minimum absolute atomic E-state index is 0.0225. The molecule has 3 aromatic carbocycles. The van der Waals surface area contributed by atoms with Gasteiger partial charge in [0.2, 0.25) is 11.7 Å². The van der Waals surface area contributed by atoms with Crippen molar-refractivity contribution in [2.24, 2.45) is 0 Å². The highest BCUT2D eigenvalue weighted by Gasteiger charge is 2.20. The number of benzene rings is 3. The SMILES string of the molecule is CCN(Cc1ccccc1)C(=O)CSc1nnc2n(-c3ccc(C)cc3)c(=O)c3ccccc3n12. The van der Waals surface area contributed by atoms with E-state index in [1.54, 1.807) is 10.6 Å². The van der Waals surface area contributed by atoms with Gasteiger partial charge in [0.15, 0.2) is 5.16 Å². The molecule has 0 aliphatic rings. The summed E-state index contributed by atoms with van der Waals surface area (Å²) >= 11 is 1.33. The molecule has 0 N–H and O–H groups in total. The fraction of sp³-hybridized carbons (Fsp3) is 0.185. The molecule has 5 rings (SSSR count). The number of para-hydroxylation sites is 1. The lowest BCUT2D eigenvalue weighted by atomic mass is 10.2. The van der Waals surface area contributed by atoms with Crippen LogP contribution in [0.2, 0.25) is 0 Å². The summed E-state index contributed by atoms with van der Waals surface area (Å²) in [5.74, 6) is 0.665. The standard InChI is InChI=1S/C27H25N5O2S/c1-3-30(17-20-9-5-4-6-10-20)24(33)18-35-27-29-28-26-31(21-15-13-19(2)14-16-21)25(34)22-11-7-8-12-23(22)32(26)27/h4-16H,3,17-18H2,1-2H3. The molecule has 0 aliphatic carbocycles. The predicted octanol–water partition coefficient (Wildman–Crippen LogP) is 4.48. The van der Waals surface area contributed by atoms with Crippen molar-refractivity contribution in [1.82, 2.24) is 24.1 Å². The van der Waals surface area contributed by atoms with Crippen LogP contribution in [0.5, 0.6) is 0 Å². The molecule has 2 aromatic heterocycles. The van der Waals surface area contributed by atoms with E-state index in [9.17, 15) is 9.59 Å². The molecule has 2 heterocycles. The Balaban J connectivity index is 1.51. The largest absolute Gasteiger partial charge is 0.338 e. The molecule has 0 aliphatic heterocycles. The second-order valence-electron chi connectivity index (χ2n) is 8.29. The van der Waals surface area contributed by atoms with Gasteiger partial charge in [-0.3, -0.25) is 14.0 Å². The molecule has 0 fully saturated rings. The van der Waals surface area contributed by atoms with E-state index < -0.39 is 0 Å². The minimum atomic E-state index is -0.156. The van der Waals surface area contributed by atoms with Crippen LogP contribution in [0.1, 0.15) is 18.1 Å². The van der Waals surface area contributed by atoms with Crippen molar-refractivity contribution < 1.29 is 4.79 Å². The second-order valence-corrected chi connectivity index (χ2v) is 9.24. The molecule has 0 bridgehead atoms. The van der Waals surface area contributed by atoms with Crippen molar-refractivity contribution in [3.63, 3.8) is 0 Å². The van der Waals surface area contributed by atoms with Crippen LogP contribution in [-0.2, 0) is 11.3 Å². The van der Waals surface area contributed by atoms with Crippen LogP contribution >= 0.6 is 11.8 Å². The zero-order chi connectivity index (χ0) is 24.4. The van der Waals surface area contributed by atoms with E-state index in [1.807, 2.05) is 95.9 Å². The molecule has 35 heavy (non-hydrogen) atoms. The molecule has 0 spiro atoms. The molecule has 0 saturated heterocycles. The van der Waals surface area contributed by atoms with Crippen molar-refractivity contribution in [2.75, 3.05) is 12.3 Å². The summed E-state index contributed by atoms with van der Waals surface area (Å²) in [5, 5.41) is 9.88. The van der Waals surface area contributed by atoms with Gasteiger partial charge in [-0.25, -0.2) is 4.57 Å². The Morgan fingerprint density at radius 1 is 0.943 bits per heavy atom. The number of fused-ring (bicyclic) bond motifs is 3. The Morgan fingerprint density at radius 3 is 2.40 bits per heavy atom. The smallest absolute Gasteiger partial charge is 0.267 e. The van der Waals surface area contributed by atoms with Gasteiger partial charge in [0, 0.05) is 13.1 Å². The Morgan fingerprint density at radius 2 is 1.66 bits per heavy atom. The summed E-state index contributed by atoms with van der Waals surface area (Å²) in [6.45, 7) is 5.16. The molecule has 0 saturated carbocycles. The first kappa shape index (κ1) is 22.9. The maximum Gasteiger partial charge on any atom is 0.267 e. The molecular weight excluding hydrogens is 458 g/mol. The second kappa shape index (κ2) is 9.76. The maximum absolute atomic E-state index is 13.4. The van der Waals surface area contributed by atoms with E-state index in [4.69, 9.17) is 0 Å². The summed E-state index contributed by atoms with van der Waals surface area (Å²) < 4.78 is 3.44. The highest BCUT2D eigenvalue weighted by molar-refractivity contribution is 7.99. The van der Waals surface area contributed by atoms with Crippen LogP contribution in [-0.4, -0.2) is 42.3 Å². The van der Waals surface area contributed by atoms with E-state index >= 15 is 0 Å². The normalized spacial score (nSPS) is 11.3. The molecule has 7 nitrogen and oxygen atoms in total. The quantitative estimate of drug-likeness (QED) is 0.319. The van der Waals surface area contributed by atoms with Gasteiger partial charge < -0.3 is 4.90 Å². The molecule has 0 radical (unpaired) electrons. The van der Waals surface area contributed by atoms with E-state index in [1.165, 1.54) is 11.8 Å². The number of carbonyl (C=O) groups is 1. The van der Waals surface area contributed by atoms with Crippen LogP contribution in [0, 0.1) is 6.92 Å². The van der Waals surface area contributed by atoms with Gasteiger partial charge in [-0.15, -0.1) is 10.2 Å². The Kier molecular flexibility index (Phi) is 6.37. The molecule has 5 aromatic rings. The minimum Gasteiger partial charge on any atom is -0.338 e. The number of rotatable bonds is 7. The fourth-order valence-electron chi connectivity index (χ4n) is 4.10. The Bertz CT molecular complexity index is 1560. The lowest BCUT2D eigenvalue weighted by molar-refractivity contribution is -0.128. The van der Waals surface area contributed by atoms with E-state index in [-0.39, 0.29) is 17.2 Å². The van der Waals surface area contributed by atoms with Crippen LogP contribution in [0.15, 0.2) is 88.8 Å². The summed E-state index contributed by atoms with van der Waals surface area (Å²) in [4.78, 5) is 28.3. The topological polar surface area (TPSA) is 72.5 Å². The van der Waals surface area contributed by atoms with Gasteiger partial charge in [0.25, 0.3) is 5.56 Å². The first-order valence-electron chi connectivity index (χ1n) is 11.5. The summed E-state index contributed by atoms with van der Waals surface area (Å²) in [5.41, 5.74) is 3.47. The number of hydrogen-bond donors (Lipinski definition) is 0. The summed E-state index contributed by atoms with van der Waals surface area (Å²) in [6.07, 6.45) is 0. The highest BCUT2D eigenvalue weighted by atomic mass is 32.2. The predicted molar refractivity (Wildman–Crippen MR) is 139 cm³/mol. The fourth-order valence-corrected chi connectivity index (χ4v) is 4.94. The third kappa shape index (κ3) is 4.44. The van der Waals surface area contributed by atoms with Crippen LogP contribution in [0.4, 0.5) is 0 Å². The molecule has 0 unspecified atom stereocenters. The van der Waals surface area contributed by atoms with Crippen molar-refractivity contribution in [2.45, 2.75) is 25.5 Å². The summed E-state index contributed by atoms with van der Waals surface area (Å²) in [6, 6.07) is 25.1. The number of nitrogens with zero attached hydrogens (tertiary/aromatic N) is 5. The third-order valence-electron chi connectivity index (χ3n) is 5.96. The molecule has 1 amide bonds. The lowest BCUT2D eigenvalue weighted by Crippen LogP contribution is -2.31. The van der Waals surface area contributed by atoms with Crippen LogP contribution < -0.4 is 5.56 Å².